The number of hydrogen-bond acceptors (Lipinski definition) is 7. The summed E-state index contributed by atoms with van der Waals surface area (Å²) in [5, 5.41) is 14.6. The predicted molar refractivity (Wildman–Crippen MR) is 123 cm³/mol. The van der Waals surface area contributed by atoms with E-state index in [0.29, 0.717) is 48.8 Å². The summed E-state index contributed by atoms with van der Waals surface area (Å²) in [6.07, 6.45) is 1.53. The van der Waals surface area contributed by atoms with Gasteiger partial charge in [-0.15, -0.1) is 10.2 Å². The molecule has 32 heavy (non-hydrogen) atoms. The molecule has 0 radical (unpaired) electrons. The van der Waals surface area contributed by atoms with Crippen LogP contribution < -0.4 is 5.32 Å². The third-order valence-corrected chi connectivity index (χ3v) is 7.94. The van der Waals surface area contributed by atoms with Crippen molar-refractivity contribution in [3.8, 4) is 11.5 Å². The van der Waals surface area contributed by atoms with E-state index < -0.39 is 10.0 Å². The van der Waals surface area contributed by atoms with Gasteiger partial charge >= 0.3 is 0 Å². The van der Waals surface area contributed by atoms with Crippen LogP contribution in [0.3, 0.4) is 0 Å². The summed E-state index contributed by atoms with van der Waals surface area (Å²) in [7, 11) is -3.54. The zero-order valence-electron chi connectivity index (χ0n) is 18.0. The Bertz CT molecular complexity index is 1150. The number of carbonyl (C=O) groups excluding carboxylic acids is 1. The van der Waals surface area contributed by atoms with Crippen molar-refractivity contribution < 1.29 is 17.6 Å². The fourth-order valence-electron chi connectivity index (χ4n) is 3.96. The van der Waals surface area contributed by atoms with E-state index in [4.69, 9.17) is 4.42 Å². The Morgan fingerprint density at radius 1 is 1.16 bits per heavy atom. The van der Waals surface area contributed by atoms with Crippen molar-refractivity contribution in [2.24, 2.45) is 11.8 Å². The molecule has 8 nitrogen and oxygen atoms in total. The lowest BCUT2D eigenvalue weighted by Gasteiger charge is -2.34. The minimum absolute atomic E-state index is 0.175. The zero-order valence-corrected chi connectivity index (χ0v) is 19.7. The number of sulfonamides is 1. The summed E-state index contributed by atoms with van der Waals surface area (Å²) < 4.78 is 33.1. The van der Waals surface area contributed by atoms with Gasteiger partial charge in [0.1, 0.15) is 0 Å². The number of aryl methyl sites for hydroxylation is 1. The number of carbonyl (C=O) groups is 1. The lowest BCUT2D eigenvalue weighted by Crippen LogP contribution is -2.42. The third kappa shape index (κ3) is 5.25. The molecule has 10 heteroatoms. The molecule has 1 saturated heterocycles. The van der Waals surface area contributed by atoms with Crippen LogP contribution in [-0.4, -0.2) is 41.9 Å². The maximum atomic E-state index is 13.0. The van der Waals surface area contributed by atoms with Crippen LogP contribution in [0.4, 0.5) is 5.69 Å². The number of benzene rings is 1. The molecule has 3 aromatic rings. The number of piperidine rings is 1. The lowest BCUT2D eigenvalue weighted by molar-refractivity contribution is -0.116. The average molecular weight is 475 g/mol. The van der Waals surface area contributed by atoms with Gasteiger partial charge < -0.3 is 9.73 Å². The molecule has 4 rings (SSSR count). The van der Waals surface area contributed by atoms with Gasteiger partial charge in [-0.25, -0.2) is 8.42 Å². The Kier molecular flexibility index (Phi) is 6.73. The zero-order chi connectivity index (χ0) is 22.7. The summed E-state index contributed by atoms with van der Waals surface area (Å²) in [4.78, 5) is 12.5. The Morgan fingerprint density at radius 2 is 1.88 bits per heavy atom. The summed E-state index contributed by atoms with van der Waals surface area (Å²) in [6.45, 7) is 5.23. The summed E-state index contributed by atoms with van der Waals surface area (Å²) in [6, 6.07) is 8.21. The second-order valence-electron chi connectivity index (χ2n) is 8.35. The molecule has 0 bridgehead atoms. The van der Waals surface area contributed by atoms with Gasteiger partial charge in [0.2, 0.25) is 27.7 Å². The van der Waals surface area contributed by atoms with E-state index in [9.17, 15) is 13.2 Å². The van der Waals surface area contributed by atoms with Crippen molar-refractivity contribution in [1.29, 1.82) is 0 Å². The highest BCUT2D eigenvalue weighted by Gasteiger charge is 2.31. The lowest BCUT2D eigenvalue weighted by atomic mass is 9.94. The van der Waals surface area contributed by atoms with Crippen molar-refractivity contribution in [2.75, 3.05) is 18.4 Å². The second-order valence-corrected chi connectivity index (χ2v) is 11.1. The van der Waals surface area contributed by atoms with Gasteiger partial charge in [0.05, 0.1) is 4.90 Å². The molecule has 1 N–H and O–H groups in total. The molecule has 0 aliphatic carbocycles. The molecule has 170 valence electrons. The normalized spacial score (nSPS) is 19.7. The van der Waals surface area contributed by atoms with Crippen LogP contribution in [0.15, 0.2) is 50.4 Å². The number of hydrogen-bond donors (Lipinski definition) is 1. The fraction of sp³-hybridized carbons (Fsp3) is 0.409. The highest BCUT2D eigenvalue weighted by atomic mass is 32.2. The number of thiophene rings is 1. The Balaban J connectivity index is 1.33. The molecular formula is C22H26N4O4S2. The van der Waals surface area contributed by atoms with Crippen LogP contribution >= 0.6 is 11.3 Å². The molecule has 2 unspecified atom stereocenters. The predicted octanol–water partition coefficient (Wildman–Crippen LogP) is 4.04. The Morgan fingerprint density at radius 3 is 2.53 bits per heavy atom. The highest BCUT2D eigenvalue weighted by molar-refractivity contribution is 7.89. The van der Waals surface area contributed by atoms with E-state index >= 15 is 0 Å². The molecule has 0 spiro atoms. The largest absolute Gasteiger partial charge is 0.421 e. The van der Waals surface area contributed by atoms with Crippen molar-refractivity contribution in [3.63, 3.8) is 0 Å². The van der Waals surface area contributed by atoms with Gasteiger partial charge in [0.25, 0.3) is 0 Å². The molecular weight excluding hydrogens is 448 g/mol. The van der Waals surface area contributed by atoms with E-state index in [0.717, 1.165) is 12.0 Å². The van der Waals surface area contributed by atoms with Gasteiger partial charge in [-0.05, 0) is 54.0 Å². The SMILES string of the molecule is CC1CC(C)CN(S(=O)(=O)c2ccc(NC(=O)CCc3nnc(-c4ccsc4)o3)cc2)C1. The maximum absolute atomic E-state index is 13.0. The van der Waals surface area contributed by atoms with Crippen LogP contribution in [0.2, 0.25) is 0 Å². The monoisotopic (exact) mass is 474 g/mol. The molecule has 0 saturated carbocycles. The van der Waals surface area contributed by atoms with Gasteiger partial charge in [0, 0.05) is 42.6 Å². The van der Waals surface area contributed by atoms with Gasteiger partial charge in [-0.1, -0.05) is 13.8 Å². The summed E-state index contributed by atoms with van der Waals surface area (Å²) in [5.74, 6) is 1.30. The molecule has 1 aromatic carbocycles. The van der Waals surface area contributed by atoms with E-state index in [-0.39, 0.29) is 17.2 Å². The minimum atomic E-state index is -3.54. The molecule has 1 fully saturated rings. The van der Waals surface area contributed by atoms with E-state index in [1.807, 2.05) is 16.8 Å². The molecule has 1 aliphatic heterocycles. The van der Waals surface area contributed by atoms with Crippen molar-refractivity contribution in [3.05, 3.63) is 47.0 Å². The number of rotatable bonds is 7. The van der Waals surface area contributed by atoms with Crippen molar-refractivity contribution in [1.82, 2.24) is 14.5 Å². The first-order chi connectivity index (χ1) is 15.3. The molecule has 2 aromatic heterocycles. The van der Waals surface area contributed by atoms with E-state index in [2.05, 4.69) is 29.4 Å². The first-order valence-corrected chi connectivity index (χ1v) is 12.9. The molecule has 1 amide bonds. The smallest absolute Gasteiger partial charge is 0.248 e. The number of nitrogens with one attached hydrogen (secondary N) is 1. The second kappa shape index (κ2) is 9.51. The average Bonchev–Trinajstić information content (AvgIpc) is 3.44. The van der Waals surface area contributed by atoms with Gasteiger partial charge in [0.15, 0.2) is 0 Å². The standard InChI is InChI=1S/C22H26N4O4S2/c1-15-11-16(2)13-26(12-15)32(28,29)19-5-3-18(4-6-19)23-20(27)7-8-21-24-25-22(30-21)17-9-10-31-14-17/h3-6,9-10,14-16H,7-8,11-13H2,1-2H3,(H,23,27). The van der Waals surface area contributed by atoms with Crippen molar-refractivity contribution in [2.45, 2.75) is 38.0 Å². The topological polar surface area (TPSA) is 105 Å². The van der Waals surface area contributed by atoms with E-state index in [1.165, 1.54) is 0 Å². The Hall–Kier alpha value is -2.56. The minimum Gasteiger partial charge on any atom is -0.421 e. The van der Waals surface area contributed by atoms with Crippen LogP contribution in [0.1, 0.15) is 32.6 Å². The molecule has 2 atom stereocenters. The van der Waals surface area contributed by atoms with Crippen LogP contribution in [-0.2, 0) is 21.2 Å². The fourth-order valence-corrected chi connectivity index (χ4v) is 6.27. The maximum Gasteiger partial charge on any atom is 0.248 e. The summed E-state index contributed by atoms with van der Waals surface area (Å²) >= 11 is 1.54. The van der Waals surface area contributed by atoms with E-state index in [1.54, 1.807) is 39.9 Å². The molecule has 3 heterocycles. The van der Waals surface area contributed by atoms with Gasteiger partial charge in [-0.3, -0.25) is 4.79 Å². The first-order valence-electron chi connectivity index (χ1n) is 10.6. The number of nitrogens with zero attached hydrogens (tertiary/aromatic N) is 3. The summed E-state index contributed by atoms with van der Waals surface area (Å²) in [5.41, 5.74) is 1.40. The van der Waals surface area contributed by atoms with Crippen LogP contribution in [0.5, 0.6) is 0 Å². The van der Waals surface area contributed by atoms with Crippen LogP contribution in [0.25, 0.3) is 11.5 Å². The van der Waals surface area contributed by atoms with Crippen LogP contribution in [0, 0.1) is 11.8 Å². The molecule has 1 aliphatic rings. The quantitative estimate of drug-likeness (QED) is 0.554. The first kappa shape index (κ1) is 22.6. The van der Waals surface area contributed by atoms with Gasteiger partial charge in [-0.2, -0.15) is 15.6 Å². The number of anilines is 1. The third-order valence-electron chi connectivity index (χ3n) is 5.41. The number of aromatic nitrogens is 2. The van der Waals surface area contributed by atoms with Crippen molar-refractivity contribution >= 4 is 33.0 Å². The Labute approximate surface area is 191 Å². The number of amides is 1. The highest BCUT2D eigenvalue weighted by Crippen LogP contribution is 2.27.